The van der Waals surface area contributed by atoms with Crippen LogP contribution in [0.15, 0.2) is 42.5 Å². The van der Waals surface area contributed by atoms with Gasteiger partial charge in [0.1, 0.15) is 11.8 Å². The third-order valence-electron chi connectivity index (χ3n) is 5.77. The molecule has 168 valence electrons. The van der Waals surface area contributed by atoms with Crippen LogP contribution in [0.3, 0.4) is 0 Å². The second kappa shape index (κ2) is 11.5. The van der Waals surface area contributed by atoms with Gasteiger partial charge in [0.05, 0.1) is 0 Å². The maximum Gasteiger partial charge on any atom is 0.261 e. The molecule has 2 amide bonds. The van der Waals surface area contributed by atoms with Crippen LogP contribution >= 0.6 is 0 Å². The van der Waals surface area contributed by atoms with E-state index in [1.807, 2.05) is 71.0 Å². The lowest BCUT2D eigenvalue weighted by Crippen LogP contribution is -2.51. The first-order valence-electron chi connectivity index (χ1n) is 11.1. The zero-order chi connectivity index (χ0) is 23.0. The van der Waals surface area contributed by atoms with E-state index in [-0.39, 0.29) is 24.5 Å². The van der Waals surface area contributed by atoms with Gasteiger partial charge in [0.2, 0.25) is 5.91 Å². The summed E-state index contributed by atoms with van der Waals surface area (Å²) in [6.45, 7) is 12.2. The summed E-state index contributed by atoms with van der Waals surface area (Å²) in [4.78, 5) is 27.5. The number of carbonyl (C=O) groups is 2. The van der Waals surface area contributed by atoms with Crippen LogP contribution in [0.5, 0.6) is 5.75 Å². The van der Waals surface area contributed by atoms with Crippen molar-refractivity contribution in [3.05, 3.63) is 64.7 Å². The number of hydrogen-bond acceptors (Lipinski definition) is 3. The van der Waals surface area contributed by atoms with Crippen LogP contribution in [0.1, 0.15) is 49.4 Å². The quantitative estimate of drug-likeness (QED) is 0.616. The van der Waals surface area contributed by atoms with Gasteiger partial charge in [0.15, 0.2) is 6.61 Å². The Morgan fingerprint density at radius 2 is 1.74 bits per heavy atom. The molecule has 31 heavy (non-hydrogen) atoms. The van der Waals surface area contributed by atoms with Crippen molar-refractivity contribution < 1.29 is 14.3 Å². The second-order valence-electron chi connectivity index (χ2n) is 8.31. The topological polar surface area (TPSA) is 58.6 Å². The number of amides is 2. The first kappa shape index (κ1) is 24.4. The molecule has 0 radical (unpaired) electrons. The standard InChI is InChI=1S/C26H36N2O3/c1-7-20(4)27-26(30)22(6)28(14-13-23-11-9-8-10-12-23)25(29)17-31-24-16-18(2)15-19(3)21(24)5/h8-12,15-16,20,22H,7,13-14,17H2,1-6H3,(H,27,30)/t20-,22+/m1/s1. The van der Waals surface area contributed by atoms with Gasteiger partial charge in [-0.3, -0.25) is 9.59 Å². The van der Waals surface area contributed by atoms with Gasteiger partial charge in [0.25, 0.3) is 5.91 Å². The Kier molecular flexibility index (Phi) is 9.10. The van der Waals surface area contributed by atoms with Gasteiger partial charge in [-0.1, -0.05) is 43.3 Å². The van der Waals surface area contributed by atoms with Crippen LogP contribution in [0.25, 0.3) is 0 Å². The van der Waals surface area contributed by atoms with Crippen LogP contribution < -0.4 is 10.1 Å². The molecule has 0 aliphatic carbocycles. The monoisotopic (exact) mass is 424 g/mol. The molecule has 5 heteroatoms. The number of hydrogen-bond donors (Lipinski definition) is 1. The summed E-state index contributed by atoms with van der Waals surface area (Å²) in [5, 5.41) is 2.99. The zero-order valence-corrected chi connectivity index (χ0v) is 19.7. The molecule has 0 fully saturated rings. The maximum atomic E-state index is 13.1. The average Bonchev–Trinajstić information content (AvgIpc) is 2.75. The van der Waals surface area contributed by atoms with E-state index >= 15 is 0 Å². The minimum atomic E-state index is -0.575. The highest BCUT2D eigenvalue weighted by Crippen LogP contribution is 2.23. The molecule has 2 rings (SSSR count). The van der Waals surface area contributed by atoms with Crippen molar-refractivity contribution in [2.45, 2.75) is 66.5 Å². The van der Waals surface area contributed by atoms with Crippen LogP contribution in [-0.4, -0.2) is 41.9 Å². The fraction of sp³-hybridized carbons (Fsp3) is 0.462. The van der Waals surface area contributed by atoms with Gasteiger partial charge < -0.3 is 15.0 Å². The number of nitrogens with zero attached hydrogens (tertiary/aromatic N) is 1. The lowest BCUT2D eigenvalue weighted by atomic mass is 10.1. The number of carbonyl (C=O) groups excluding carboxylic acids is 2. The molecule has 0 heterocycles. The van der Waals surface area contributed by atoms with Crippen molar-refractivity contribution in [3.8, 4) is 5.75 Å². The van der Waals surface area contributed by atoms with Crippen molar-refractivity contribution in [2.24, 2.45) is 0 Å². The summed E-state index contributed by atoms with van der Waals surface area (Å²) in [6, 6.07) is 13.5. The second-order valence-corrected chi connectivity index (χ2v) is 8.31. The fourth-order valence-electron chi connectivity index (χ4n) is 3.41. The highest BCUT2D eigenvalue weighted by molar-refractivity contribution is 5.88. The minimum absolute atomic E-state index is 0.0650. The normalized spacial score (nSPS) is 12.7. The molecule has 1 N–H and O–H groups in total. The van der Waals surface area contributed by atoms with Gasteiger partial charge in [-0.15, -0.1) is 0 Å². The molecule has 0 aliphatic heterocycles. The molecule has 0 spiro atoms. The Morgan fingerprint density at radius 3 is 2.39 bits per heavy atom. The molecule has 0 aromatic heterocycles. The van der Waals surface area contributed by atoms with Gasteiger partial charge in [-0.05, 0) is 75.8 Å². The lowest BCUT2D eigenvalue weighted by Gasteiger charge is -2.29. The zero-order valence-electron chi connectivity index (χ0n) is 19.7. The Bertz CT molecular complexity index is 880. The van der Waals surface area contributed by atoms with Crippen LogP contribution in [0.4, 0.5) is 0 Å². The van der Waals surface area contributed by atoms with E-state index in [1.165, 1.54) is 0 Å². The van der Waals surface area contributed by atoms with Crippen LogP contribution in [-0.2, 0) is 16.0 Å². The molecular weight excluding hydrogens is 388 g/mol. The van der Waals surface area contributed by atoms with Crippen molar-refractivity contribution in [1.29, 1.82) is 0 Å². The minimum Gasteiger partial charge on any atom is -0.483 e. The molecular formula is C26H36N2O3. The predicted octanol–water partition coefficient (Wildman–Crippen LogP) is 4.37. The summed E-state index contributed by atoms with van der Waals surface area (Å²) in [5.41, 5.74) is 4.37. The Balaban J connectivity index is 2.13. The molecule has 0 aliphatic rings. The smallest absolute Gasteiger partial charge is 0.261 e. The lowest BCUT2D eigenvalue weighted by molar-refractivity contribution is -0.141. The van der Waals surface area contributed by atoms with Crippen molar-refractivity contribution in [2.75, 3.05) is 13.2 Å². The molecule has 2 atom stereocenters. The van der Waals surface area contributed by atoms with E-state index in [9.17, 15) is 9.59 Å². The van der Waals surface area contributed by atoms with E-state index < -0.39 is 6.04 Å². The van der Waals surface area contributed by atoms with Crippen molar-refractivity contribution in [3.63, 3.8) is 0 Å². The first-order chi connectivity index (χ1) is 14.7. The largest absolute Gasteiger partial charge is 0.483 e. The molecule has 0 bridgehead atoms. The molecule has 2 aromatic rings. The molecule has 0 saturated carbocycles. The van der Waals surface area contributed by atoms with E-state index in [1.54, 1.807) is 11.8 Å². The molecule has 0 saturated heterocycles. The summed E-state index contributed by atoms with van der Waals surface area (Å²) >= 11 is 0. The van der Waals surface area contributed by atoms with Gasteiger partial charge in [0, 0.05) is 12.6 Å². The Labute approximate surface area is 186 Å². The number of aryl methyl sites for hydroxylation is 2. The molecule has 2 aromatic carbocycles. The predicted molar refractivity (Wildman–Crippen MR) is 125 cm³/mol. The third-order valence-corrected chi connectivity index (χ3v) is 5.77. The van der Waals surface area contributed by atoms with Crippen molar-refractivity contribution in [1.82, 2.24) is 10.2 Å². The highest BCUT2D eigenvalue weighted by atomic mass is 16.5. The SMILES string of the molecule is CC[C@@H](C)NC(=O)[C@H](C)N(CCc1ccccc1)C(=O)COc1cc(C)cc(C)c1C. The number of ether oxygens (including phenoxy) is 1. The fourth-order valence-corrected chi connectivity index (χ4v) is 3.41. The van der Waals surface area contributed by atoms with E-state index in [0.717, 1.165) is 28.7 Å². The van der Waals surface area contributed by atoms with Crippen LogP contribution in [0.2, 0.25) is 0 Å². The van der Waals surface area contributed by atoms with Crippen molar-refractivity contribution >= 4 is 11.8 Å². The highest BCUT2D eigenvalue weighted by Gasteiger charge is 2.27. The molecule has 0 unspecified atom stereocenters. The number of rotatable bonds is 10. The van der Waals surface area contributed by atoms with Crippen LogP contribution in [0, 0.1) is 20.8 Å². The van der Waals surface area contributed by atoms with E-state index in [4.69, 9.17) is 4.74 Å². The molecule has 5 nitrogen and oxygen atoms in total. The maximum absolute atomic E-state index is 13.1. The Hall–Kier alpha value is -2.82. The Morgan fingerprint density at radius 1 is 1.06 bits per heavy atom. The van der Waals surface area contributed by atoms with E-state index in [2.05, 4.69) is 11.4 Å². The summed E-state index contributed by atoms with van der Waals surface area (Å²) < 4.78 is 5.90. The summed E-state index contributed by atoms with van der Waals surface area (Å²) in [7, 11) is 0. The van der Waals surface area contributed by atoms with Gasteiger partial charge >= 0.3 is 0 Å². The third kappa shape index (κ3) is 7.12. The number of nitrogens with one attached hydrogen (secondary N) is 1. The van der Waals surface area contributed by atoms with Gasteiger partial charge in [-0.2, -0.15) is 0 Å². The van der Waals surface area contributed by atoms with Gasteiger partial charge in [-0.25, -0.2) is 0 Å². The summed E-state index contributed by atoms with van der Waals surface area (Å²) in [6.07, 6.45) is 1.52. The number of benzene rings is 2. The summed E-state index contributed by atoms with van der Waals surface area (Å²) in [5.74, 6) is 0.380. The first-order valence-corrected chi connectivity index (χ1v) is 11.1. The van der Waals surface area contributed by atoms with E-state index in [0.29, 0.717) is 18.7 Å². The average molecular weight is 425 g/mol.